The Kier molecular flexibility index (Phi) is 8.52. The van der Waals surface area contributed by atoms with Crippen LogP contribution in [0.1, 0.15) is 16.0 Å². The van der Waals surface area contributed by atoms with Crippen LogP contribution in [0.5, 0.6) is 5.75 Å². The molecule has 1 aromatic heterocycles. The van der Waals surface area contributed by atoms with Crippen molar-refractivity contribution in [2.45, 2.75) is 26.2 Å². The van der Waals surface area contributed by atoms with E-state index in [1.165, 1.54) is 4.90 Å². The highest BCUT2D eigenvalue weighted by Gasteiger charge is 2.28. The SMILES string of the molecule is Cc1ccc(CN=C(NCC(=O)N(C)C)NCc2cccs2)c(OCC(F)(F)F)c1. The number of thiophene rings is 1. The zero-order valence-corrected chi connectivity index (χ0v) is 17.9. The van der Waals surface area contributed by atoms with Crippen LogP contribution in [0.3, 0.4) is 0 Å². The van der Waals surface area contributed by atoms with Crippen LogP contribution in [0.25, 0.3) is 0 Å². The van der Waals surface area contributed by atoms with Crippen molar-refractivity contribution < 1.29 is 22.7 Å². The Morgan fingerprint density at radius 3 is 2.63 bits per heavy atom. The van der Waals surface area contributed by atoms with Gasteiger partial charge in [-0.3, -0.25) is 4.79 Å². The second kappa shape index (κ2) is 10.9. The summed E-state index contributed by atoms with van der Waals surface area (Å²) < 4.78 is 42.6. The molecule has 0 fully saturated rings. The van der Waals surface area contributed by atoms with E-state index < -0.39 is 12.8 Å². The number of rotatable bonds is 8. The molecule has 6 nitrogen and oxygen atoms in total. The van der Waals surface area contributed by atoms with Crippen LogP contribution in [-0.2, 0) is 17.9 Å². The summed E-state index contributed by atoms with van der Waals surface area (Å²) in [6.07, 6.45) is -4.42. The standard InChI is InChI=1S/C20H25F3N4O2S/c1-14-6-7-15(17(9-14)29-13-20(21,22)23)10-24-19(26-12-18(28)27(2)3)25-11-16-5-4-8-30-16/h4-9H,10-13H2,1-3H3,(H2,24,25,26). The van der Waals surface area contributed by atoms with Gasteiger partial charge in [0.2, 0.25) is 5.91 Å². The van der Waals surface area contributed by atoms with Gasteiger partial charge in [0.15, 0.2) is 12.6 Å². The lowest BCUT2D eigenvalue weighted by Crippen LogP contribution is -2.42. The Morgan fingerprint density at radius 1 is 1.23 bits per heavy atom. The average molecular weight is 443 g/mol. The molecule has 0 saturated carbocycles. The Labute approximate surface area is 177 Å². The molecule has 1 aromatic carbocycles. The molecular weight excluding hydrogens is 417 g/mol. The zero-order valence-electron chi connectivity index (χ0n) is 17.0. The number of benzene rings is 1. The number of aryl methyl sites for hydroxylation is 1. The van der Waals surface area contributed by atoms with Gasteiger partial charge in [-0.25, -0.2) is 4.99 Å². The molecule has 2 aromatic rings. The minimum atomic E-state index is -4.42. The summed E-state index contributed by atoms with van der Waals surface area (Å²) in [5, 5.41) is 8.04. The lowest BCUT2D eigenvalue weighted by Gasteiger charge is -2.16. The van der Waals surface area contributed by atoms with Gasteiger partial charge in [-0.2, -0.15) is 13.2 Å². The minimum absolute atomic E-state index is 0.0363. The van der Waals surface area contributed by atoms with Crippen LogP contribution in [0.2, 0.25) is 0 Å². The quantitative estimate of drug-likeness (QED) is 0.486. The van der Waals surface area contributed by atoms with Crippen molar-refractivity contribution >= 4 is 23.2 Å². The zero-order chi connectivity index (χ0) is 22.1. The summed E-state index contributed by atoms with van der Waals surface area (Å²) >= 11 is 1.57. The van der Waals surface area contributed by atoms with Crippen LogP contribution in [0.4, 0.5) is 13.2 Å². The summed E-state index contributed by atoms with van der Waals surface area (Å²) in [4.78, 5) is 18.8. The number of ether oxygens (including phenoxy) is 1. The predicted molar refractivity (Wildman–Crippen MR) is 112 cm³/mol. The van der Waals surface area contributed by atoms with Gasteiger partial charge in [-0.15, -0.1) is 11.3 Å². The van der Waals surface area contributed by atoms with Gasteiger partial charge in [0.25, 0.3) is 0 Å². The lowest BCUT2D eigenvalue weighted by molar-refractivity contribution is -0.153. The van der Waals surface area contributed by atoms with Crippen LogP contribution < -0.4 is 15.4 Å². The Bertz CT molecular complexity index is 852. The highest BCUT2D eigenvalue weighted by molar-refractivity contribution is 7.09. The molecular formula is C20H25F3N4O2S. The first-order chi connectivity index (χ1) is 14.1. The normalized spacial score (nSPS) is 11.9. The molecule has 0 aliphatic carbocycles. The van der Waals surface area contributed by atoms with Crippen molar-refractivity contribution in [3.63, 3.8) is 0 Å². The monoisotopic (exact) mass is 442 g/mol. The molecule has 2 N–H and O–H groups in total. The fourth-order valence-electron chi connectivity index (χ4n) is 2.33. The van der Waals surface area contributed by atoms with E-state index in [0.717, 1.165) is 10.4 Å². The average Bonchev–Trinajstić information content (AvgIpc) is 3.19. The number of alkyl halides is 3. The Balaban J connectivity index is 2.12. The van der Waals surface area contributed by atoms with E-state index in [2.05, 4.69) is 15.6 Å². The first-order valence-corrected chi connectivity index (χ1v) is 10.1. The van der Waals surface area contributed by atoms with Crippen molar-refractivity contribution in [1.29, 1.82) is 0 Å². The van der Waals surface area contributed by atoms with Crippen molar-refractivity contribution in [1.82, 2.24) is 15.5 Å². The molecule has 1 amide bonds. The lowest BCUT2D eigenvalue weighted by atomic mass is 10.1. The summed E-state index contributed by atoms with van der Waals surface area (Å²) in [7, 11) is 3.30. The molecule has 2 rings (SSSR count). The first kappa shape index (κ1) is 23.5. The number of aliphatic imine (C=N–C) groups is 1. The van der Waals surface area contributed by atoms with E-state index in [9.17, 15) is 18.0 Å². The van der Waals surface area contributed by atoms with Crippen LogP contribution in [-0.4, -0.2) is 50.2 Å². The Morgan fingerprint density at radius 2 is 2.00 bits per heavy atom. The Hall–Kier alpha value is -2.75. The summed E-state index contributed by atoms with van der Waals surface area (Å²) in [6.45, 7) is 1.03. The number of carbonyl (C=O) groups is 1. The summed E-state index contributed by atoms with van der Waals surface area (Å²) in [6, 6.07) is 8.92. The minimum Gasteiger partial charge on any atom is -0.484 e. The molecule has 0 aliphatic rings. The summed E-state index contributed by atoms with van der Waals surface area (Å²) in [5.41, 5.74) is 1.30. The molecule has 164 valence electrons. The maximum absolute atomic E-state index is 12.6. The van der Waals surface area contributed by atoms with E-state index in [-0.39, 0.29) is 24.7 Å². The van der Waals surface area contributed by atoms with Crippen LogP contribution in [0, 0.1) is 6.92 Å². The third-order valence-electron chi connectivity index (χ3n) is 3.94. The largest absolute Gasteiger partial charge is 0.484 e. The van der Waals surface area contributed by atoms with E-state index in [0.29, 0.717) is 18.1 Å². The number of likely N-dealkylation sites (N-methyl/N-ethyl adjacent to an activating group) is 1. The number of hydrogen-bond acceptors (Lipinski definition) is 4. The number of guanidine groups is 1. The number of nitrogens with one attached hydrogen (secondary N) is 2. The van der Waals surface area contributed by atoms with Crippen LogP contribution in [0.15, 0.2) is 40.7 Å². The number of amides is 1. The van der Waals surface area contributed by atoms with Crippen molar-refractivity contribution in [3.05, 3.63) is 51.7 Å². The number of carbonyl (C=O) groups excluding carboxylic acids is 1. The van der Waals surface area contributed by atoms with Gasteiger partial charge in [0.05, 0.1) is 19.6 Å². The maximum Gasteiger partial charge on any atom is 0.422 e. The van der Waals surface area contributed by atoms with Gasteiger partial charge in [0, 0.05) is 24.5 Å². The third-order valence-corrected chi connectivity index (χ3v) is 4.81. The van der Waals surface area contributed by atoms with E-state index >= 15 is 0 Å². The molecule has 0 radical (unpaired) electrons. The molecule has 1 heterocycles. The smallest absolute Gasteiger partial charge is 0.422 e. The predicted octanol–water partition coefficient (Wildman–Crippen LogP) is 3.32. The highest BCUT2D eigenvalue weighted by Crippen LogP contribution is 2.24. The van der Waals surface area contributed by atoms with Crippen molar-refractivity contribution in [2.24, 2.45) is 4.99 Å². The highest BCUT2D eigenvalue weighted by atomic mass is 32.1. The van der Waals surface area contributed by atoms with Gasteiger partial charge in [-0.1, -0.05) is 18.2 Å². The molecule has 0 saturated heterocycles. The van der Waals surface area contributed by atoms with Crippen molar-refractivity contribution in [2.75, 3.05) is 27.2 Å². The molecule has 0 atom stereocenters. The number of halogens is 3. The number of nitrogens with zero attached hydrogens (tertiary/aromatic N) is 2. The fourth-order valence-corrected chi connectivity index (χ4v) is 2.97. The second-order valence-corrected chi connectivity index (χ2v) is 7.79. The van der Waals surface area contributed by atoms with Crippen molar-refractivity contribution in [3.8, 4) is 5.75 Å². The van der Waals surface area contributed by atoms with Gasteiger partial charge < -0.3 is 20.3 Å². The third kappa shape index (κ3) is 8.32. The van der Waals surface area contributed by atoms with Gasteiger partial charge in [-0.05, 0) is 30.0 Å². The molecule has 0 aliphatic heterocycles. The molecule has 0 spiro atoms. The maximum atomic E-state index is 12.6. The molecule has 0 unspecified atom stereocenters. The molecule has 10 heteroatoms. The number of hydrogen-bond donors (Lipinski definition) is 2. The topological polar surface area (TPSA) is 66.0 Å². The van der Waals surface area contributed by atoms with E-state index in [4.69, 9.17) is 4.74 Å². The molecule has 0 bridgehead atoms. The second-order valence-electron chi connectivity index (χ2n) is 6.75. The summed E-state index contributed by atoms with van der Waals surface area (Å²) in [5.74, 6) is 0.379. The van der Waals surface area contributed by atoms with Gasteiger partial charge >= 0.3 is 6.18 Å². The fraction of sp³-hybridized carbons (Fsp3) is 0.400. The van der Waals surface area contributed by atoms with Crippen LogP contribution >= 0.6 is 11.3 Å². The van der Waals surface area contributed by atoms with E-state index in [1.54, 1.807) is 50.6 Å². The molecule has 30 heavy (non-hydrogen) atoms. The first-order valence-electron chi connectivity index (χ1n) is 9.18. The van der Waals surface area contributed by atoms with E-state index in [1.807, 2.05) is 17.5 Å². The van der Waals surface area contributed by atoms with Gasteiger partial charge in [0.1, 0.15) is 5.75 Å².